The van der Waals surface area contributed by atoms with Gasteiger partial charge in [-0.1, -0.05) is 37.5 Å². The van der Waals surface area contributed by atoms with Crippen molar-refractivity contribution >= 4 is 23.2 Å². The lowest BCUT2D eigenvalue weighted by molar-refractivity contribution is -0.141. The number of hydrogen-bond donors (Lipinski definition) is 1. The minimum Gasteiger partial charge on any atom is -0.497 e. The molecule has 2 aliphatic rings. The van der Waals surface area contributed by atoms with Crippen molar-refractivity contribution in [3.8, 4) is 5.75 Å². The van der Waals surface area contributed by atoms with Crippen molar-refractivity contribution < 1.29 is 14.3 Å². The van der Waals surface area contributed by atoms with Crippen LogP contribution < -0.4 is 10.1 Å². The number of hydrogen-bond acceptors (Lipinski definition) is 4. The predicted octanol–water partition coefficient (Wildman–Crippen LogP) is 4.48. The molecule has 0 saturated heterocycles. The lowest BCUT2D eigenvalue weighted by Gasteiger charge is -2.33. The van der Waals surface area contributed by atoms with E-state index in [2.05, 4.69) is 5.32 Å². The van der Waals surface area contributed by atoms with Gasteiger partial charge in [-0.05, 0) is 54.8 Å². The van der Waals surface area contributed by atoms with Gasteiger partial charge in [-0.25, -0.2) is 0 Å². The summed E-state index contributed by atoms with van der Waals surface area (Å²) < 4.78 is 5.40. The van der Waals surface area contributed by atoms with Crippen LogP contribution in [0, 0.1) is 0 Å². The monoisotopic (exact) mass is 426 g/mol. The molecule has 30 heavy (non-hydrogen) atoms. The van der Waals surface area contributed by atoms with Crippen molar-refractivity contribution in [3.63, 3.8) is 0 Å². The Morgan fingerprint density at radius 2 is 1.93 bits per heavy atom. The van der Waals surface area contributed by atoms with Gasteiger partial charge in [0.1, 0.15) is 11.8 Å². The predicted molar refractivity (Wildman–Crippen MR) is 119 cm³/mol. The molecule has 1 aromatic carbocycles. The van der Waals surface area contributed by atoms with E-state index in [1.165, 1.54) is 6.42 Å². The van der Waals surface area contributed by atoms with E-state index in [1.807, 2.05) is 46.7 Å². The Bertz CT molecular complexity index is 857. The first-order chi connectivity index (χ1) is 14.7. The van der Waals surface area contributed by atoms with Crippen molar-refractivity contribution in [1.82, 2.24) is 10.2 Å². The minimum atomic E-state index is -0.623. The summed E-state index contributed by atoms with van der Waals surface area (Å²) in [4.78, 5) is 29.8. The number of carbonyl (C=O) groups excluding carboxylic acids is 2. The van der Waals surface area contributed by atoms with E-state index in [1.54, 1.807) is 18.4 Å². The van der Waals surface area contributed by atoms with Crippen LogP contribution in [0.2, 0.25) is 0 Å². The van der Waals surface area contributed by atoms with E-state index >= 15 is 0 Å². The van der Waals surface area contributed by atoms with Crippen molar-refractivity contribution in [2.75, 3.05) is 7.11 Å². The molecule has 2 fully saturated rings. The molecule has 6 heteroatoms. The lowest BCUT2D eigenvalue weighted by Crippen LogP contribution is -2.48. The Labute approximate surface area is 182 Å². The SMILES string of the molecule is COc1cccc([C@@H](C(=O)NC2CCCCC2)N(C(=O)Cc2cccs2)C2CC2)c1. The highest BCUT2D eigenvalue weighted by atomic mass is 32.1. The van der Waals surface area contributed by atoms with E-state index in [9.17, 15) is 9.59 Å². The first kappa shape index (κ1) is 20.9. The highest BCUT2D eigenvalue weighted by Crippen LogP contribution is 2.37. The number of nitrogens with one attached hydrogen (secondary N) is 1. The zero-order valence-corrected chi connectivity index (χ0v) is 18.3. The van der Waals surface area contributed by atoms with Gasteiger partial charge < -0.3 is 15.0 Å². The van der Waals surface area contributed by atoms with Crippen LogP contribution in [0.1, 0.15) is 61.4 Å². The maximum atomic E-state index is 13.5. The summed E-state index contributed by atoms with van der Waals surface area (Å²) in [5.74, 6) is 0.651. The van der Waals surface area contributed by atoms with Crippen molar-refractivity contribution in [3.05, 3.63) is 52.2 Å². The van der Waals surface area contributed by atoms with Gasteiger partial charge in [-0.15, -0.1) is 11.3 Å². The molecule has 0 aliphatic heterocycles. The third kappa shape index (κ3) is 5.04. The topological polar surface area (TPSA) is 58.6 Å². The first-order valence-corrected chi connectivity index (χ1v) is 11.8. The fraction of sp³-hybridized carbons (Fsp3) is 0.500. The largest absolute Gasteiger partial charge is 0.497 e. The van der Waals surface area contributed by atoms with Crippen LogP contribution in [0.5, 0.6) is 5.75 Å². The third-order valence-electron chi connectivity index (χ3n) is 6.02. The molecule has 0 bridgehead atoms. The number of amides is 2. The summed E-state index contributed by atoms with van der Waals surface area (Å²) in [7, 11) is 1.62. The molecule has 1 N–H and O–H groups in total. The van der Waals surface area contributed by atoms with Gasteiger partial charge in [0.25, 0.3) is 0 Å². The fourth-order valence-corrected chi connectivity index (χ4v) is 5.04. The molecule has 2 saturated carbocycles. The van der Waals surface area contributed by atoms with E-state index in [-0.39, 0.29) is 23.9 Å². The van der Waals surface area contributed by atoms with E-state index in [0.717, 1.165) is 49.0 Å². The Kier molecular flexibility index (Phi) is 6.72. The molecule has 160 valence electrons. The third-order valence-corrected chi connectivity index (χ3v) is 6.90. The minimum absolute atomic E-state index is 0.0200. The molecular formula is C24H30N2O3S. The van der Waals surface area contributed by atoms with Crippen LogP contribution in [0.4, 0.5) is 0 Å². The maximum Gasteiger partial charge on any atom is 0.247 e. The standard InChI is InChI=1S/C24H30N2O3S/c1-29-20-10-5-7-17(15-20)23(24(28)25-18-8-3-2-4-9-18)26(19-12-13-19)22(27)16-21-11-6-14-30-21/h5-7,10-11,14-15,18-19,23H,2-4,8-9,12-13,16H2,1H3,(H,25,28)/t23-/m0/s1. The van der Waals surface area contributed by atoms with Crippen molar-refractivity contribution in [2.45, 2.75) is 69.5 Å². The second kappa shape index (κ2) is 9.65. The smallest absolute Gasteiger partial charge is 0.247 e. The van der Waals surface area contributed by atoms with Crippen LogP contribution in [0.3, 0.4) is 0 Å². The highest BCUT2D eigenvalue weighted by molar-refractivity contribution is 7.10. The van der Waals surface area contributed by atoms with Gasteiger partial charge in [0, 0.05) is 17.0 Å². The lowest BCUT2D eigenvalue weighted by atomic mass is 9.94. The van der Waals surface area contributed by atoms with Crippen LogP contribution in [-0.4, -0.2) is 35.9 Å². The molecule has 2 amide bonds. The molecule has 2 aromatic rings. The van der Waals surface area contributed by atoms with Crippen LogP contribution in [0.25, 0.3) is 0 Å². The molecule has 5 nitrogen and oxygen atoms in total. The number of nitrogens with zero attached hydrogens (tertiary/aromatic N) is 1. The summed E-state index contributed by atoms with van der Waals surface area (Å²) in [6, 6.07) is 11.2. The maximum absolute atomic E-state index is 13.5. The number of benzene rings is 1. The number of thiophene rings is 1. The summed E-state index contributed by atoms with van der Waals surface area (Å²) in [6.07, 6.45) is 7.81. The molecular weight excluding hydrogens is 396 g/mol. The molecule has 1 heterocycles. The highest BCUT2D eigenvalue weighted by Gasteiger charge is 2.41. The van der Waals surface area contributed by atoms with E-state index in [4.69, 9.17) is 4.74 Å². The van der Waals surface area contributed by atoms with Gasteiger partial charge in [-0.3, -0.25) is 9.59 Å². The van der Waals surface area contributed by atoms with Gasteiger partial charge in [0.2, 0.25) is 11.8 Å². The zero-order valence-electron chi connectivity index (χ0n) is 17.5. The van der Waals surface area contributed by atoms with Crippen LogP contribution in [-0.2, 0) is 16.0 Å². The van der Waals surface area contributed by atoms with Gasteiger partial charge in [0.05, 0.1) is 13.5 Å². The van der Waals surface area contributed by atoms with Crippen molar-refractivity contribution in [2.24, 2.45) is 0 Å². The number of ether oxygens (including phenoxy) is 1. The van der Waals surface area contributed by atoms with Gasteiger partial charge >= 0.3 is 0 Å². The molecule has 1 aromatic heterocycles. The molecule has 2 aliphatic carbocycles. The fourth-order valence-electron chi connectivity index (χ4n) is 4.34. The number of methoxy groups -OCH3 is 1. The van der Waals surface area contributed by atoms with E-state index < -0.39 is 6.04 Å². The Morgan fingerprint density at radius 3 is 2.60 bits per heavy atom. The molecule has 0 spiro atoms. The average molecular weight is 427 g/mol. The molecule has 4 rings (SSSR count). The van der Waals surface area contributed by atoms with Gasteiger partial charge in [0.15, 0.2) is 0 Å². The number of carbonyl (C=O) groups is 2. The van der Waals surface area contributed by atoms with Gasteiger partial charge in [-0.2, -0.15) is 0 Å². The van der Waals surface area contributed by atoms with E-state index in [0.29, 0.717) is 12.2 Å². The van der Waals surface area contributed by atoms with Crippen LogP contribution >= 0.6 is 11.3 Å². The first-order valence-electron chi connectivity index (χ1n) is 10.9. The zero-order chi connectivity index (χ0) is 20.9. The quantitative estimate of drug-likeness (QED) is 0.677. The Balaban J connectivity index is 1.63. The summed E-state index contributed by atoms with van der Waals surface area (Å²) in [5.41, 5.74) is 0.814. The Morgan fingerprint density at radius 1 is 1.13 bits per heavy atom. The summed E-state index contributed by atoms with van der Waals surface area (Å²) >= 11 is 1.58. The second-order valence-corrected chi connectivity index (χ2v) is 9.34. The number of rotatable bonds is 8. The molecule has 0 unspecified atom stereocenters. The Hall–Kier alpha value is -2.34. The van der Waals surface area contributed by atoms with Crippen molar-refractivity contribution in [1.29, 1.82) is 0 Å². The molecule has 0 radical (unpaired) electrons. The van der Waals surface area contributed by atoms with Crippen LogP contribution in [0.15, 0.2) is 41.8 Å². The average Bonchev–Trinajstić information content (AvgIpc) is 3.47. The second-order valence-electron chi connectivity index (χ2n) is 8.31. The normalized spacial score (nSPS) is 17.9. The summed E-state index contributed by atoms with van der Waals surface area (Å²) in [5, 5.41) is 5.25. The molecule has 1 atom stereocenters. The summed E-state index contributed by atoms with van der Waals surface area (Å²) in [6.45, 7) is 0.